The molecule has 1 atom stereocenters. The lowest BCUT2D eigenvalue weighted by atomic mass is 10.1. The number of carbonyl (C=O) groups is 1. The van der Waals surface area contributed by atoms with Crippen LogP contribution in [0.4, 0.5) is 10.5 Å². The number of hydrogen-bond acceptors (Lipinski definition) is 8. The number of alkyl carbamates (subject to hydrolysis) is 1. The van der Waals surface area contributed by atoms with Gasteiger partial charge in [-0.2, -0.15) is 0 Å². The summed E-state index contributed by atoms with van der Waals surface area (Å²) in [5, 5.41) is 4.64. The molecule has 0 aliphatic rings. The van der Waals surface area contributed by atoms with Crippen molar-refractivity contribution in [3.63, 3.8) is 0 Å². The zero-order chi connectivity index (χ0) is 27.3. The van der Waals surface area contributed by atoms with Crippen molar-refractivity contribution >= 4 is 11.8 Å². The van der Waals surface area contributed by atoms with Crippen LogP contribution in [-0.2, 0) is 29.0 Å². The van der Waals surface area contributed by atoms with Gasteiger partial charge in [0.1, 0.15) is 11.5 Å². The van der Waals surface area contributed by atoms with E-state index in [-0.39, 0.29) is 6.79 Å². The largest absolute Gasteiger partial charge is 0.497 e. The molecule has 9 heteroatoms. The first-order valence-corrected chi connectivity index (χ1v) is 12.4. The molecule has 3 aromatic rings. The van der Waals surface area contributed by atoms with E-state index < -0.39 is 12.4 Å². The minimum absolute atomic E-state index is 0.256. The molecule has 3 aromatic carbocycles. The second-order valence-corrected chi connectivity index (χ2v) is 9.11. The number of nitrogens with zero attached hydrogens (tertiary/aromatic N) is 2. The molecule has 0 saturated heterocycles. The van der Waals surface area contributed by atoms with Crippen LogP contribution in [0.2, 0.25) is 0 Å². The minimum Gasteiger partial charge on any atom is -0.497 e. The predicted octanol–water partition coefficient (Wildman–Crippen LogP) is 4.18. The van der Waals surface area contributed by atoms with E-state index >= 15 is 0 Å². The Morgan fingerprint density at radius 2 is 1.55 bits per heavy atom. The monoisotopic (exact) mass is 522 g/mol. The van der Waals surface area contributed by atoms with Gasteiger partial charge in [0.25, 0.3) is 0 Å². The van der Waals surface area contributed by atoms with Gasteiger partial charge in [0, 0.05) is 53.4 Å². The van der Waals surface area contributed by atoms with Crippen LogP contribution in [0.1, 0.15) is 16.7 Å². The number of methoxy groups -OCH3 is 1. The van der Waals surface area contributed by atoms with Crippen molar-refractivity contribution in [3.05, 3.63) is 89.5 Å². The van der Waals surface area contributed by atoms with Gasteiger partial charge in [-0.15, -0.1) is 0 Å². The van der Waals surface area contributed by atoms with Crippen LogP contribution in [-0.4, -0.2) is 59.5 Å². The Morgan fingerprint density at radius 3 is 2.21 bits per heavy atom. The molecule has 0 heterocycles. The zero-order valence-corrected chi connectivity index (χ0v) is 22.8. The average molecular weight is 523 g/mol. The standard InChI is InChI=1S/C29H38N4O5/c1-32(2)25-13-9-23(10-14-25)19-30-29(34)37-21-36-28(18-22-11-15-26(35-5)16-12-22)38-27-8-6-7-24(17-27)20-31-33(3)4/h6-17,28,31H,18-21H2,1-5H3,(H,30,34). The molecule has 1 amide bonds. The van der Waals surface area contributed by atoms with Gasteiger partial charge < -0.3 is 29.2 Å². The third-order valence-electron chi connectivity index (χ3n) is 5.66. The number of benzene rings is 3. The first-order valence-electron chi connectivity index (χ1n) is 12.4. The van der Waals surface area contributed by atoms with Crippen molar-refractivity contribution < 1.29 is 23.7 Å². The van der Waals surface area contributed by atoms with Crippen molar-refractivity contribution in [2.75, 3.05) is 47.0 Å². The Kier molecular flexibility index (Phi) is 11.2. The van der Waals surface area contributed by atoms with Crippen LogP contribution >= 0.6 is 0 Å². The van der Waals surface area contributed by atoms with Crippen LogP contribution < -0.4 is 25.1 Å². The van der Waals surface area contributed by atoms with Crippen molar-refractivity contribution in [1.82, 2.24) is 15.8 Å². The second kappa shape index (κ2) is 14.8. The number of amides is 1. The summed E-state index contributed by atoms with van der Waals surface area (Å²) >= 11 is 0. The van der Waals surface area contributed by atoms with Crippen LogP contribution in [0.25, 0.3) is 0 Å². The molecule has 0 radical (unpaired) electrons. The molecule has 0 aliphatic carbocycles. The van der Waals surface area contributed by atoms with E-state index in [0.29, 0.717) is 25.3 Å². The highest BCUT2D eigenvalue weighted by Crippen LogP contribution is 2.19. The van der Waals surface area contributed by atoms with Crippen molar-refractivity contribution in [1.29, 1.82) is 0 Å². The lowest BCUT2D eigenvalue weighted by Crippen LogP contribution is -2.30. The fraction of sp³-hybridized carbons (Fsp3) is 0.345. The fourth-order valence-electron chi connectivity index (χ4n) is 3.52. The first kappa shape index (κ1) is 28.8. The van der Waals surface area contributed by atoms with Crippen LogP contribution in [0, 0.1) is 0 Å². The summed E-state index contributed by atoms with van der Waals surface area (Å²) in [6.45, 7) is 0.759. The molecule has 0 saturated carbocycles. The molecule has 204 valence electrons. The summed E-state index contributed by atoms with van der Waals surface area (Å²) < 4.78 is 22.5. The van der Waals surface area contributed by atoms with Gasteiger partial charge in [0.2, 0.25) is 6.29 Å². The van der Waals surface area contributed by atoms with E-state index in [1.807, 2.05) is 111 Å². The molecule has 0 bridgehead atoms. The molecular weight excluding hydrogens is 484 g/mol. The Labute approximate surface area is 225 Å². The SMILES string of the molecule is COc1ccc(CC(OCOC(=O)NCc2ccc(N(C)C)cc2)Oc2cccc(CNN(C)C)c2)cc1. The van der Waals surface area contributed by atoms with Crippen LogP contribution in [0.15, 0.2) is 72.8 Å². The third kappa shape index (κ3) is 9.93. The van der Waals surface area contributed by atoms with Crippen molar-refractivity contribution in [2.45, 2.75) is 25.8 Å². The number of rotatable bonds is 14. The summed E-state index contributed by atoms with van der Waals surface area (Å²) in [4.78, 5) is 14.3. The molecule has 0 aliphatic heterocycles. The average Bonchev–Trinajstić information content (AvgIpc) is 2.91. The molecule has 38 heavy (non-hydrogen) atoms. The third-order valence-corrected chi connectivity index (χ3v) is 5.66. The zero-order valence-electron chi connectivity index (χ0n) is 22.8. The Balaban J connectivity index is 1.56. The van der Waals surface area contributed by atoms with Gasteiger partial charge in [-0.25, -0.2) is 4.79 Å². The first-order chi connectivity index (χ1) is 18.3. The molecule has 0 spiro atoms. The van der Waals surface area contributed by atoms with Crippen molar-refractivity contribution in [2.24, 2.45) is 0 Å². The van der Waals surface area contributed by atoms with E-state index in [0.717, 1.165) is 28.1 Å². The molecule has 0 aromatic heterocycles. The highest BCUT2D eigenvalue weighted by atomic mass is 16.8. The number of nitrogens with one attached hydrogen (secondary N) is 2. The normalized spacial score (nSPS) is 11.6. The number of hydrogen-bond donors (Lipinski definition) is 2. The van der Waals surface area contributed by atoms with Gasteiger partial charge >= 0.3 is 6.09 Å². The van der Waals surface area contributed by atoms with Crippen LogP contribution in [0.5, 0.6) is 11.5 Å². The highest BCUT2D eigenvalue weighted by Gasteiger charge is 2.15. The predicted molar refractivity (Wildman–Crippen MR) is 148 cm³/mol. The van der Waals surface area contributed by atoms with Gasteiger partial charge in [-0.1, -0.05) is 36.4 Å². The molecule has 2 N–H and O–H groups in total. The lowest BCUT2D eigenvalue weighted by molar-refractivity contribution is -0.136. The van der Waals surface area contributed by atoms with E-state index in [1.165, 1.54) is 0 Å². The maximum Gasteiger partial charge on any atom is 0.409 e. The number of anilines is 1. The Hall–Kier alpha value is -3.79. The quantitative estimate of drug-likeness (QED) is 0.241. The highest BCUT2D eigenvalue weighted by molar-refractivity contribution is 5.67. The van der Waals surface area contributed by atoms with Gasteiger partial charge in [0.15, 0.2) is 6.79 Å². The smallest absolute Gasteiger partial charge is 0.409 e. The summed E-state index contributed by atoms with van der Waals surface area (Å²) in [6.07, 6.45) is -0.790. The summed E-state index contributed by atoms with van der Waals surface area (Å²) in [6, 6.07) is 23.4. The minimum atomic E-state index is -0.674. The van der Waals surface area contributed by atoms with Gasteiger partial charge in [-0.05, 0) is 53.1 Å². The van der Waals surface area contributed by atoms with E-state index in [4.69, 9.17) is 18.9 Å². The second-order valence-electron chi connectivity index (χ2n) is 9.11. The number of ether oxygens (including phenoxy) is 4. The van der Waals surface area contributed by atoms with E-state index in [9.17, 15) is 4.79 Å². The fourth-order valence-corrected chi connectivity index (χ4v) is 3.52. The molecular formula is C29H38N4O5. The maximum atomic E-state index is 12.2. The van der Waals surface area contributed by atoms with Gasteiger partial charge in [0.05, 0.1) is 7.11 Å². The van der Waals surface area contributed by atoms with Crippen molar-refractivity contribution in [3.8, 4) is 11.5 Å². The number of hydrazine groups is 1. The summed E-state index contributed by atoms with van der Waals surface area (Å²) in [7, 11) is 9.47. The summed E-state index contributed by atoms with van der Waals surface area (Å²) in [5.41, 5.74) is 7.36. The van der Waals surface area contributed by atoms with E-state index in [1.54, 1.807) is 7.11 Å². The van der Waals surface area contributed by atoms with Crippen LogP contribution in [0.3, 0.4) is 0 Å². The maximum absolute atomic E-state index is 12.2. The summed E-state index contributed by atoms with van der Waals surface area (Å²) in [5.74, 6) is 1.43. The Bertz CT molecular complexity index is 1120. The molecule has 1 unspecified atom stereocenters. The molecule has 3 rings (SSSR count). The molecule has 9 nitrogen and oxygen atoms in total. The Morgan fingerprint density at radius 1 is 0.842 bits per heavy atom. The molecule has 0 fully saturated rings. The number of carbonyl (C=O) groups excluding carboxylic acids is 1. The van der Waals surface area contributed by atoms with Gasteiger partial charge in [-0.3, -0.25) is 10.4 Å². The van der Waals surface area contributed by atoms with E-state index in [2.05, 4.69) is 10.7 Å². The lowest BCUT2D eigenvalue weighted by Gasteiger charge is -2.20. The topological polar surface area (TPSA) is 84.5 Å².